The number of carbonyl (C=O) groups excluding carboxylic acids is 1. The van der Waals surface area contributed by atoms with Gasteiger partial charge in [0.25, 0.3) is 0 Å². The fourth-order valence-electron chi connectivity index (χ4n) is 1.94. The summed E-state index contributed by atoms with van der Waals surface area (Å²) >= 11 is 11.7. The van der Waals surface area contributed by atoms with Gasteiger partial charge >= 0.3 is 0 Å². The molecule has 2 rings (SSSR count). The van der Waals surface area contributed by atoms with E-state index in [2.05, 4.69) is 10.6 Å². The normalized spacial score (nSPS) is 10.2. The second kappa shape index (κ2) is 8.08. The maximum absolute atomic E-state index is 13.1. The molecule has 0 aromatic heterocycles. The van der Waals surface area contributed by atoms with E-state index in [1.54, 1.807) is 12.1 Å². The van der Waals surface area contributed by atoms with Crippen LogP contribution in [0.3, 0.4) is 0 Å². The quantitative estimate of drug-likeness (QED) is 0.797. The highest BCUT2D eigenvalue weighted by Crippen LogP contribution is 2.35. The molecule has 0 saturated carbocycles. The zero-order valence-electron chi connectivity index (χ0n) is 13.0. The summed E-state index contributed by atoms with van der Waals surface area (Å²) in [6.07, 6.45) is 0. The van der Waals surface area contributed by atoms with Crippen molar-refractivity contribution in [3.05, 3.63) is 46.2 Å². The van der Waals surface area contributed by atoms with Crippen molar-refractivity contribution in [2.75, 3.05) is 31.4 Å². The zero-order chi connectivity index (χ0) is 17.7. The van der Waals surface area contributed by atoms with E-state index in [1.807, 2.05) is 0 Å². The van der Waals surface area contributed by atoms with Crippen molar-refractivity contribution >= 4 is 40.5 Å². The summed E-state index contributed by atoms with van der Waals surface area (Å²) in [7, 11) is 2.94. The van der Waals surface area contributed by atoms with E-state index in [-0.39, 0.29) is 17.5 Å². The molecule has 2 N–H and O–H groups in total. The van der Waals surface area contributed by atoms with Crippen molar-refractivity contribution in [2.24, 2.45) is 0 Å². The summed E-state index contributed by atoms with van der Waals surface area (Å²) in [6, 6.07) is 7.21. The number of ether oxygens (including phenoxy) is 2. The highest BCUT2D eigenvalue weighted by molar-refractivity contribution is 6.32. The van der Waals surface area contributed by atoms with Gasteiger partial charge in [-0.2, -0.15) is 0 Å². The minimum absolute atomic E-state index is 0.0236. The van der Waals surface area contributed by atoms with Gasteiger partial charge in [0, 0.05) is 17.8 Å². The molecule has 0 aliphatic carbocycles. The van der Waals surface area contributed by atoms with E-state index in [0.29, 0.717) is 27.9 Å². The molecule has 1 amide bonds. The third-order valence-electron chi connectivity index (χ3n) is 3.12. The predicted octanol–water partition coefficient (Wildman–Crippen LogP) is 4.20. The Balaban J connectivity index is 2.05. The Labute approximate surface area is 148 Å². The van der Waals surface area contributed by atoms with Crippen molar-refractivity contribution < 1.29 is 18.7 Å². The third kappa shape index (κ3) is 4.43. The Morgan fingerprint density at radius 2 is 1.79 bits per heavy atom. The largest absolute Gasteiger partial charge is 0.495 e. The molecule has 0 bridgehead atoms. The first-order valence-corrected chi connectivity index (χ1v) is 7.60. The lowest BCUT2D eigenvalue weighted by Crippen LogP contribution is -2.22. The Hall–Kier alpha value is -2.18. The molecule has 0 spiro atoms. The number of benzene rings is 2. The Morgan fingerprint density at radius 1 is 1.08 bits per heavy atom. The minimum Gasteiger partial charge on any atom is -0.495 e. The van der Waals surface area contributed by atoms with Gasteiger partial charge in [-0.1, -0.05) is 23.2 Å². The molecular formula is C16H15Cl2FN2O3. The smallest absolute Gasteiger partial charge is 0.243 e. The molecule has 0 unspecified atom stereocenters. The van der Waals surface area contributed by atoms with Crippen LogP contribution in [-0.2, 0) is 4.79 Å². The van der Waals surface area contributed by atoms with Gasteiger partial charge in [0.05, 0.1) is 36.5 Å². The molecule has 0 fully saturated rings. The Kier molecular flexibility index (Phi) is 6.11. The van der Waals surface area contributed by atoms with Crippen LogP contribution in [0.5, 0.6) is 11.5 Å². The van der Waals surface area contributed by atoms with Crippen molar-refractivity contribution in [2.45, 2.75) is 0 Å². The summed E-state index contributed by atoms with van der Waals surface area (Å²) in [6.45, 7) is -0.0456. The van der Waals surface area contributed by atoms with Gasteiger partial charge in [0.2, 0.25) is 5.91 Å². The van der Waals surface area contributed by atoms with Gasteiger partial charge in [0.1, 0.15) is 17.3 Å². The first kappa shape index (κ1) is 18.2. The van der Waals surface area contributed by atoms with Gasteiger partial charge in [0.15, 0.2) is 0 Å². The minimum atomic E-state index is -0.523. The second-order valence-electron chi connectivity index (χ2n) is 4.72. The molecule has 24 heavy (non-hydrogen) atoms. The molecule has 128 valence electrons. The maximum Gasteiger partial charge on any atom is 0.243 e. The lowest BCUT2D eigenvalue weighted by molar-refractivity contribution is -0.114. The van der Waals surface area contributed by atoms with Gasteiger partial charge in [-0.15, -0.1) is 0 Å². The zero-order valence-corrected chi connectivity index (χ0v) is 14.5. The number of methoxy groups -OCH3 is 2. The molecule has 0 saturated heterocycles. The van der Waals surface area contributed by atoms with Crippen LogP contribution < -0.4 is 20.1 Å². The van der Waals surface area contributed by atoms with E-state index in [4.69, 9.17) is 32.7 Å². The van der Waals surface area contributed by atoms with Gasteiger partial charge < -0.3 is 20.1 Å². The van der Waals surface area contributed by atoms with Crippen LogP contribution in [-0.4, -0.2) is 26.7 Å². The number of carbonyl (C=O) groups is 1. The number of hydrogen-bond acceptors (Lipinski definition) is 4. The van der Waals surface area contributed by atoms with Crippen LogP contribution in [0.4, 0.5) is 15.8 Å². The van der Waals surface area contributed by atoms with E-state index in [9.17, 15) is 9.18 Å². The van der Waals surface area contributed by atoms with Crippen molar-refractivity contribution in [3.63, 3.8) is 0 Å². The molecule has 8 heteroatoms. The lowest BCUT2D eigenvalue weighted by atomic mass is 10.2. The number of hydrogen-bond donors (Lipinski definition) is 2. The summed E-state index contributed by atoms with van der Waals surface area (Å²) in [5.41, 5.74) is 0.944. The van der Waals surface area contributed by atoms with E-state index >= 15 is 0 Å². The molecule has 2 aromatic rings. The number of anilines is 2. The SMILES string of the molecule is COc1cc(NC(=O)CNc2ccc(F)c(Cl)c2)c(OC)cc1Cl. The highest BCUT2D eigenvalue weighted by Gasteiger charge is 2.12. The number of rotatable bonds is 6. The van der Waals surface area contributed by atoms with Crippen LogP contribution in [0.25, 0.3) is 0 Å². The molecule has 0 aliphatic rings. The molecule has 5 nitrogen and oxygen atoms in total. The van der Waals surface area contributed by atoms with E-state index < -0.39 is 5.82 Å². The Bertz CT molecular complexity index is 756. The molecule has 0 heterocycles. The van der Waals surface area contributed by atoms with Gasteiger partial charge in [-0.25, -0.2) is 4.39 Å². The summed E-state index contributed by atoms with van der Waals surface area (Å²) in [4.78, 5) is 12.1. The average molecular weight is 373 g/mol. The molecule has 0 aliphatic heterocycles. The van der Waals surface area contributed by atoms with Crippen LogP contribution in [0.1, 0.15) is 0 Å². The van der Waals surface area contributed by atoms with Gasteiger partial charge in [-0.05, 0) is 18.2 Å². The van der Waals surface area contributed by atoms with E-state index in [0.717, 1.165) is 0 Å². The molecule has 2 aromatic carbocycles. The van der Waals surface area contributed by atoms with Crippen LogP contribution >= 0.6 is 23.2 Å². The third-order valence-corrected chi connectivity index (χ3v) is 3.71. The average Bonchev–Trinajstić information content (AvgIpc) is 2.57. The maximum atomic E-state index is 13.1. The first-order chi connectivity index (χ1) is 11.4. The summed E-state index contributed by atoms with van der Waals surface area (Å²) in [5, 5.41) is 5.88. The van der Waals surface area contributed by atoms with E-state index in [1.165, 1.54) is 32.4 Å². The number of amides is 1. The van der Waals surface area contributed by atoms with Crippen molar-refractivity contribution in [1.29, 1.82) is 0 Å². The summed E-state index contributed by atoms with van der Waals surface area (Å²) < 4.78 is 23.4. The van der Waals surface area contributed by atoms with Crippen LogP contribution in [0, 0.1) is 5.82 Å². The monoisotopic (exact) mass is 372 g/mol. The summed E-state index contributed by atoms with van der Waals surface area (Å²) in [5.74, 6) is -0.0483. The second-order valence-corrected chi connectivity index (χ2v) is 5.53. The first-order valence-electron chi connectivity index (χ1n) is 6.85. The van der Waals surface area contributed by atoms with Crippen molar-refractivity contribution in [3.8, 4) is 11.5 Å². The van der Waals surface area contributed by atoms with Crippen molar-refractivity contribution in [1.82, 2.24) is 0 Å². The Morgan fingerprint density at radius 3 is 2.42 bits per heavy atom. The topological polar surface area (TPSA) is 59.6 Å². The number of halogens is 3. The van der Waals surface area contributed by atoms with Crippen LogP contribution in [0.2, 0.25) is 10.0 Å². The fourth-order valence-corrected chi connectivity index (χ4v) is 2.35. The standard InChI is InChI=1S/C16H15Cl2FN2O3/c1-23-14-7-13(15(24-2)6-11(14)18)21-16(22)8-20-9-3-4-12(19)10(17)5-9/h3-7,20H,8H2,1-2H3,(H,21,22). The van der Waals surface area contributed by atoms with Gasteiger partial charge in [-0.3, -0.25) is 4.79 Å². The predicted molar refractivity (Wildman–Crippen MR) is 93.1 cm³/mol. The fraction of sp³-hybridized carbons (Fsp3) is 0.188. The molecule has 0 radical (unpaired) electrons. The lowest BCUT2D eigenvalue weighted by Gasteiger charge is -2.13. The number of nitrogens with one attached hydrogen (secondary N) is 2. The molecular weight excluding hydrogens is 358 g/mol. The highest BCUT2D eigenvalue weighted by atomic mass is 35.5. The molecule has 0 atom stereocenters. The van der Waals surface area contributed by atoms with Crippen LogP contribution in [0.15, 0.2) is 30.3 Å².